The molecule has 0 radical (unpaired) electrons. The van der Waals surface area contributed by atoms with E-state index < -0.39 is 0 Å². The van der Waals surface area contributed by atoms with E-state index in [1.54, 1.807) is 0 Å². The lowest BCUT2D eigenvalue weighted by Gasteiger charge is -2.01. The summed E-state index contributed by atoms with van der Waals surface area (Å²) in [5.41, 5.74) is 3.27. The maximum atomic E-state index is 8.42. The molecule has 0 heterocycles. The topological polar surface area (TPSA) is 23.8 Å². The number of nitrogens with zero attached hydrogens (tertiary/aromatic N) is 1. The van der Waals surface area contributed by atoms with Crippen LogP contribution in [-0.2, 0) is 0 Å². The van der Waals surface area contributed by atoms with Crippen molar-refractivity contribution in [1.82, 2.24) is 0 Å². The molecule has 0 atom stereocenters. The zero-order valence-electron chi connectivity index (χ0n) is 9.35. The van der Waals surface area contributed by atoms with Crippen molar-refractivity contribution >= 4 is 0 Å². The van der Waals surface area contributed by atoms with Gasteiger partial charge in [-0.25, -0.2) is 0 Å². The van der Waals surface area contributed by atoms with E-state index >= 15 is 0 Å². The molecule has 0 saturated heterocycles. The molecule has 0 bridgehead atoms. The van der Waals surface area contributed by atoms with E-state index in [-0.39, 0.29) is 6.42 Å². The molecule has 2 aromatic carbocycles. The molecule has 0 spiro atoms. The molecule has 2 aromatic rings. The van der Waals surface area contributed by atoms with E-state index in [0.717, 1.165) is 11.1 Å². The first kappa shape index (κ1) is 11.0. The van der Waals surface area contributed by atoms with Gasteiger partial charge in [0.25, 0.3) is 0 Å². The molecular weight excluding hydrogens is 206 g/mol. The van der Waals surface area contributed by atoms with Crippen LogP contribution in [0.15, 0.2) is 54.6 Å². The lowest BCUT2D eigenvalue weighted by atomic mass is 10.0. The quantitative estimate of drug-likeness (QED) is 0.669. The lowest BCUT2D eigenvalue weighted by molar-refractivity contribution is 1.39. The van der Waals surface area contributed by atoms with Crippen molar-refractivity contribution < 1.29 is 0 Å². The molecule has 0 fully saturated rings. The zero-order chi connectivity index (χ0) is 11.9. The van der Waals surface area contributed by atoms with Crippen LogP contribution in [0.5, 0.6) is 0 Å². The van der Waals surface area contributed by atoms with E-state index in [4.69, 9.17) is 5.26 Å². The monoisotopic (exact) mass is 217 g/mol. The maximum absolute atomic E-state index is 8.42. The van der Waals surface area contributed by atoms with Crippen molar-refractivity contribution in [2.75, 3.05) is 0 Å². The molecule has 0 aliphatic rings. The Balaban J connectivity index is 2.31. The van der Waals surface area contributed by atoms with E-state index in [1.807, 2.05) is 42.5 Å². The second kappa shape index (κ2) is 5.54. The van der Waals surface area contributed by atoms with E-state index in [0.29, 0.717) is 0 Å². The molecule has 1 heteroatoms. The summed E-state index contributed by atoms with van der Waals surface area (Å²) in [6.45, 7) is 0. The second-order valence-electron chi connectivity index (χ2n) is 3.58. The van der Waals surface area contributed by atoms with Crippen molar-refractivity contribution in [3.8, 4) is 29.0 Å². The van der Waals surface area contributed by atoms with Gasteiger partial charge >= 0.3 is 0 Å². The normalized spacial score (nSPS) is 8.88. The molecule has 0 aliphatic carbocycles. The first-order valence-electron chi connectivity index (χ1n) is 5.41. The van der Waals surface area contributed by atoms with Crippen LogP contribution in [0.3, 0.4) is 0 Å². The smallest absolute Gasteiger partial charge is 0.0966 e. The molecule has 0 amide bonds. The Morgan fingerprint density at radius 1 is 0.882 bits per heavy atom. The number of nitriles is 1. The summed E-state index contributed by atoms with van der Waals surface area (Å²) in [6.07, 6.45) is 0.273. The lowest BCUT2D eigenvalue weighted by Crippen LogP contribution is -1.79. The zero-order valence-corrected chi connectivity index (χ0v) is 9.35. The maximum Gasteiger partial charge on any atom is 0.0966 e. The first-order chi connectivity index (χ1) is 8.40. The highest BCUT2D eigenvalue weighted by atomic mass is 14.2. The van der Waals surface area contributed by atoms with Crippen LogP contribution in [0.1, 0.15) is 12.0 Å². The van der Waals surface area contributed by atoms with Crippen LogP contribution < -0.4 is 0 Å². The summed E-state index contributed by atoms with van der Waals surface area (Å²) in [6, 6.07) is 20.2. The van der Waals surface area contributed by atoms with Gasteiger partial charge in [-0.05, 0) is 23.3 Å². The third-order valence-electron chi connectivity index (χ3n) is 2.37. The third kappa shape index (κ3) is 2.97. The molecule has 0 unspecified atom stereocenters. The van der Waals surface area contributed by atoms with Crippen LogP contribution in [0.25, 0.3) is 11.1 Å². The second-order valence-corrected chi connectivity index (χ2v) is 3.58. The third-order valence-corrected chi connectivity index (χ3v) is 2.37. The molecule has 0 N–H and O–H groups in total. The number of rotatable bonds is 1. The van der Waals surface area contributed by atoms with E-state index in [2.05, 4.69) is 30.0 Å². The fourth-order valence-corrected chi connectivity index (χ4v) is 1.59. The highest BCUT2D eigenvalue weighted by molar-refractivity contribution is 5.65. The van der Waals surface area contributed by atoms with Gasteiger partial charge < -0.3 is 0 Å². The standard InChI is InChI=1S/C16H11N/c17-12-5-4-7-14-8-6-11-16(13-14)15-9-2-1-3-10-15/h1-3,6,8-11,13H,5H2. The van der Waals surface area contributed by atoms with Gasteiger partial charge in [0.1, 0.15) is 0 Å². The molecule has 1 nitrogen and oxygen atoms in total. The molecule has 17 heavy (non-hydrogen) atoms. The predicted molar refractivity (Wildman–Crippen MR) is 69.0 cm³/mol. The minimum Gasteiger partial charge on any atom is -0.197 e. The SMILES string of the molecule is N#CCC#Cc1cccc(-c2ccccc2)c1. The molecular formula is C16H11N. The number of benzene rings is 2. The van der Waals surface area contributed by atoms with Crippen LogP contribution >= 0.6 is 0 Å². The Morgan fingerprint density at radius 3 is 2.41 bits per heavy atom. The molecule has 0 saturated carbocycles. The minimum absolute atomic E-state index is 0.273. The fraction of sp³-hybridized carbons (Fsp3) is 0.0625. The first-order valence-corrected chi connectivity index (χ1v) is 5.41. The van der Waals surface area contributed by atoms with Crippen molar-refractivity contribution in [2.24, 2.45) is 0 Å². The summed E-state index contributed by atoms with van der Waals surface area (Å²) >= 11 is 0. The number of hydrogen-bond donors (Lipinski definition) is 0. The van der Waals surface area contributed by atoms with Gasteiger partial charge in [0.05, 0.1) is 12.5 Å². The van der Waals surface area contributed by atoms with E-state index in [9.17, 15) is 0 Å². The van der Waals surface area contributed by atoms with Gasteiger partial charge in [-0.1, -0.05) is 54.3 Å². The summed E-state index contributed by atoms with van der Waals surface area (Å²) in [7, 11) is 0. The van der Waals surface area contributed by atoms with Gasteiger partial charge in [-0.15, -0.1) is 0 Å². The molecule has 0 aromatic heterocycles. The highest BCUT2D eigenvalue weighted by Gasteiger charge is 1.96. The van der Waals surface area contributed by atoms with Crippen molar-refractivity contribution in [3.05, 3.63) is 60.2 Å². The summed E-state index contributed by atoms with van der Waals surface area (Å²) < 4.78 is 0. The molecule has 2 rings (SSSR count). The van der Waals surface area contributed by atoms with Gasteiger partial charge in [0, 0.05) is 5.56 Å². The van der Waals surface area contributed by atoms with Gasteiger partial charge in [0.15, 0.2) is 0 Å². The Hall–Kier alpha value is -2.51. The number of hydrogen-bond acceptors (Lipinski definition) is 1. The Labute approximate surface area is 101 Å². The van der Waals surface area contributed by atoms with Crippen molar-refractivity contribution in [3.63, 3.8) is 0 Å². The highest BCUT2D eigenvalue weighted by Crippen LogP contribution is 2.19. The fourth-order valence-electron chi connectivity index (χ4n) is 1.59. The van der Waals surface area contributed by atoms with Crippen molar-refractivity contribution in [1.29, 1.82) is 5.26 Å². The average Bonchev–Trinajstić information content (AvgIpc) is 2.41. The summed E-state index contributed by atoms with van der Waals surface area (Å²) in [5, 5.41) is 8.42. The molecule has 80 valence electrons. The largest absolute Gasteiger partial charge is 0.197 e. The Bertz CT molecular complexity index is 595. The van der Waals surface area contributed by atoms with Crippen LogP contribution in [-0.4, -0.2) is 0 Å². The van der Waals surface area contributed by atoms with Gasteiger partial charge in [-0.2, -0.15) is 5.26 Å². The predicted octanol–water partition coefficient (Wildman–Crippen LogP) is 3.62. The van der Waals surface area contributed by atoms with Crippen LogP contribution in [0, 0.1) is 23.2 Å². The van der Waals surface area contributed by atoms with Gasteiger partial charge in [-0.3, -0.25) is 0 Å². The minimum atomic E-state index is 0.273. The van der Waals surface area contributed by atoms with E-state index in [1.165, 1.54) is 5.56 Å². The summed E-state index contributed by atoms with van der Waals surface area (Å²) in [4.78, 5) is 0. The Morgan fingerprint density at radius 2 is 1.65 bits per heavy atom. The molecule has 0 aliphatic heterocycles. The van der Waals surface area contributed by atoms with Gasteiger partial charge in [0.2, 0.25) is 0 Å². The summed E-state index contributed by atoms with van der Waals surface area (Å²) in [5.74, 6) is 5.80. The average molecular weight is 217 g/mol. The van der Waals surface area contributed by atoms with Crippen LogP contribution in [0.2, 0.25) is 0 Å². The van der Waals surface area contributed by atoms with Crippen LogP contribution in [0.4, 0.5) is 0 Å². The van der Waals surface area contributed by atoms with Crippen molar-refractivity contribution in [2.45, 2.75) is 6.42 Å². The Kier molecular flexibility index (Phi) is 3.58.